The molecule has 0 saturated heterocycles. The number of nitrogens with one attached hydrogen (secondary N) is 1. The van der Waals surface area contributed by atoms with Gasteiger partial charge in [-0.1, -0.05) is 30.3 Å². The first-order chi connectivity index (χ1) is 8.49. The lowest BCUT2D eigenvalue weighted by atomic mass is 10.1. The number of amides is 1. The number of nitrogens with zero attached hydrogens (tertiary/aromatic N) is 1. The van der Waals surface area contributed by atoms with Gasteiger partial charge in [0.05, 0.1) is 6.54 Å². The van der Waals surface area contributed by atoms with Crippen LogP contribution >= 0.6 is 11.6 Å². The number of aryl methyl sites for hydroxylation is 1. The molecule has 1 amide bonds. The lowest BCUT2D eigenvalue weighted by Gasteiger charge is -2.12. The van der Waals surface area contributed by atoms with Gasteiger partial charge in [0, 0.05) is 31.2 Å². The van der Waals surface area contributed by atoms with Crippen LogP contribution in [-0.4, -0.2) is 26.5 Å². The van der Waals surface area contributed by atoms with Crippen molar-refractivity contribution in [1.29, 1.82) is 0 Å². The molecule has 0 fully saturated rings. The van der Waals surface area contributed by atoms with Gasteiger partial charge in [-0.15, -0.1) is 0 Å². The summed E-state index contributed by atoms with van der Waals surface area (Å²) < 4.78 is 0. The Morgan fingerprint density at radius 2 is 1.94 bits per heavy atom. The topological polar surface area (TPSA) is 32.3 Å². The Hall–Kier alpha value is -1.48. The van der Waals surface area contributed by atoms with Crippen molar-refractivity contribution in [3.05, 3.63) is 41.4 Å². The Kier molecular flexibility index (Phi) is 5.72. The molecule has 0 heterocycles. The number of carbonyl (C=O) groups excluding carboxylic acids is 1. The van der Waals surface area contributed by atoms with Crippen LogP contribution in [0.2, 0.25) is 0 Å². The normalized spacial score (nSPS) is 9.94. The zero-order chi connectivity index (χ0) is 13.5. The van der Waals surface area contributed by atoms with E-state index in [1.807, 2.05) is 43.3 Å². The average Bonchev–Trinajstić information content (AvgIpc) is 2.34. The van der Waals surface area contributed by atoms with Gasteiger partial charge in [0.2, 0.25) is 5.91 Å². The fourth-order valence-electron chi connectivity index (χ4n) is 1.50. The van der Waals surface area contributed by atoms with Gasteiger partial charge in [0.15, 0.2) is 0 Å². The summed E-state index contributed by atoms with van der Waals surface area (Å²) in [6, 6.07) is 8.19. The lowest BCUT2D eigenvalue weighted by molar-refractivity contribution is -0.120. The Morgan fingerprint density at radius 3 is 2.44 bits per heavy atom. The third-order valence-corrected chi connectivity index (χ3v) is 2.70. The molecule has 1 N–H and O–H groups in total. The molecule has 0 aliphatic heterocycles. The van der Waals surface area contributed by atoms with Crippen LogP contribution in [-0.2, 0) is 11.2 Å². The van der Waals surface area contributed by atoms with Crippen molar-refractivity contribution in [2.75, 3.05) is 25.5 Å². The number of hydrogen-bond donors (Lipinski definition) is 1. The number of hydrogen-bond acceptors (Lipinski definition) is 2. The van der Waals surface area contributed by atoms with E-state index in [0.717, 1.165) is 17.7 Å². The molecule has 0 saturated carbocycles. The summed E-state index contributed by atoms with van der Waals surface area (Å²) in [6.07, 6.45) is 1.19. The Bertz CT molecular complexity index is 412. The van der Waals surface area contributed by atoms with E-state index in [9.17, 15) is 4.79 Å². The zero-order valence-electron chi connectivity index (χ0n) is 10.9. The van der Waals surface area contributed by atoms with Gasteiger partial charge in [-0.3, -0.25) is 4.79 Å². The molecule has 0 aliphatic carbocycles. The maximum atomic E-state index is 11.5. The number of halogens is 1. The van der Waals surface area contributed by atoms with Crippen LogP contribution in [0.5, 0.6) is 0 Å². The predicted molar refractivity (Wildman–Crippen MR) is 77.1 cm³/mol. The molecule has 0 spiro atoms. The summed E-state index contributed by atoms with van der Waals surface area (Å²) in [4.78, 5) is 13.5. The molecule has 0 atom stereocenters. The summed E-state index contributed by atoms with van der Waals surface area (Å²) in [5.74, 6) is -0.00603. The second-order valence-electron chi connectivity index (χ2n) is 4.35. The SMILES string of the molecule is C=C(Cl)CNC(=O)CCc1ccc(N(C)C)cc1. The maximum absolute atomic E-state index is 11.5. The van der Waals surface area contributed by atoms with Crippen LogP contribution in [0.1, 0.15) is 12.0 Å². The van der Waals surface area contributed by atoms with E-state index in [2.05, 4.69) is 11.9 Å². The van der Waals surface area contributed by atoms with Crippen molar-refractivity contribution >= 4 is 23.2 Å². The minimum absolute atomic E-state index is 0.00603. The second-order valence-corrected chi connectivity index (χ2v) is 4.89. The van der Waals surface area contributed by atoms with Crippen molar-refractivity contribution in [2.24, 2.45) is 0 Å². The van der Waals surface area contributed by atoms with Gasteiger partial charge in [0.25, 0.3) is 0 Å². The highest BCUT2D eigenvalue weighted by Crippen LogP contribution is 2.13. The Labute approximate surface area is 113 Å². The molecule has 1 aromatic rings. The molecular weight excluding hydrogens is 248 g/mol. The summed E-state index contributed by atoms with van der Waals surface area (Å²) >= 11 is 5.57. The molecule has 4 heteroatoms. The summed E-state index contributed by atoms with van der Waals surface area (Å²) in [6.45, 7) is 3.85. The van der Waals surface area contributed by atoms with Crippen LogP contribution in [0.15, 0.2) is 35.9 Å². The molecule has 1 rings (SSSR count). The summed E-state index contributed by atoms with van der Waals surface area (Å²) in [5.41, 5.74) is 2.31. The van der Waals surface area contributed by atoms with Gasteiger partial charge < -0.3 is 10.2 Å². The molecule has 0 radical (unpaired) electrons. The molecule has 0 bridgehead atoms. The van der Waals surface area contributed by atoms with Crippen molar-refractivity contribution < 1.29 is 4.79 Å². The van der Waals surface area contributed by atoms with Crippen molar-refractivity contribution in [1.82, 2.24) is 5.32 Å². The van der Waals surface area contributed by atoms with Gasteiger partial charge in [0.1, 0.15) is 0 Å². The van der Waals surface area contributed by atoms with Crippen molar-refractivity contribution in [3.8, 4) is 0 Å². The van der Waals surface area contributed by atoms with Crippen LogP contribution in [0.25, 0.3) is 0 Å². The number of anilines is 1. The highest BCUT2D eigenvalue weighted by atomic mass is 35.5. The second kappa shape index (κ2) is 7.07. The first kappa shape index (κ1) is 14.6. The van der Waals surface area contributed by atoms with Gasteiger partial charge in [-0.2, -0.15) is 0 Å². The minimum atomic E-state index is -0.00603. The molecule has 98 valence electrons. The highest BCUT2D eigenvalue weighted by Gasteiger charge is 2.02. The molecule has 0 aromatic heterocycles. The van der Waals surface area contributed by atoms with Gasteiger partial charge in [-0.05, 0) is 24.1 Å². The highest BCUT2D eigenvalue weighted by molar-refractivity contribution is 6.29. The third kappa shape index (κ3) is 5.23. The molecular formula is C14H19ClN2O. The van der Waals surface area contributed by atoms with Crippen LogP contribution < -0.4 is 10.2 Å². The van der Waals surface area contributed by atoms with E-state index >= 15 is 0 Å². The smallest absolute Gasteiger partial charge is 0.220 e. The molecule has 0 unspecified atom stereocenters. The monoisotopic (exact) mass is 266 g/mol. The zero-order valence-corrected chi connectivity index (χ0v) is 11.6. The number of carbonyl (C=O) groups is 1. The standard InChI is InChI=1S/C14H19ClN2O/c1-11(15)10-16-14(18)9-6-12-4-7-13(8-5-12)17(2)3/h4-5,7-8H,1,6,9-10H2,2-3H3,(H,16,18). The van der Waals surface area contributed by atoms with Crippen LogP contribution in [0, 0.1) is 0 Å². The molecule has 1 aromatic carbocycles. The van der Waals surface area contributed by atoms with Crippen molar-refractivity contribution in [2.45, 2.75) is 12.8 Å². The Balaban J connectivity index is 2.39. The molecule has 0 aliphatic rings. The average molecular weight is 267 g/mol. The largest absolute Gasteiger partial charge is 0.378 e. The van der Waals surface area contributed by atoms with E-state index in [0.29, 0.717) is 18.0 Å². The van der Waals surface area contributed by atoms with Crippen molar-refractivity contribution in [3.63, 3.8) is 0 Å². The Morgan fingerprint density at radius 1 is 1.33 bits per heavy atom. The number of rotatable bonds is 6. The third-order valence-electron chi connectivity index (χ3n) is 2.57. The van der Waals surface area contributed by atoms with E-state index in [1.165, 1.54) is 0 Å². The molecule has 3 nitrogen and oxygen atoms in total. The van der Waals surface area contributed by atoms with Gasteiger partial charge in [-0.25, -0.2) is 0 Å². The van der Waals surface area contributed by atoms with E-state index < -0.39 is 0 Å². The fourth-order valence-corrected chi connectivity index (χ4v) is 1.57. The number of benzene rings is 1. The fraction of sp³-hybridized carbons (Fsp3) is 0.357. The maximum Gasteiger partial charge on any atom is 0.220 e. The first-order valence-electron chi connectivity index (χ1n) is 5.85. The lowest BCUT2D eigenvalue weighted by Crippen LogP contribution is -2.24. The quantitative estimate of drug-likeness (QED) is 0.858. The van der Waals surface area contributed by atoms with E-state index in [4.69, 9.17) is 11.6 Å². The first-order valence-corrected chi connectivity index (χ1v) is 6.23. The van der Waals surface area contributed by atoms with Crippen LogP contribution in [0.4, 0.5) is 5.69 Å². The van der Waals surface area contributed by atoms with Crippen LogP contribution in [0.3, 0.4) is 0 Å². The minimum Gasteiger partial charge on any atom is -0.378 e. The summed E-state index contributed by atoms with van der Waals surface area (Å²) in [7, 11) is 4.00. The predicted octanol–water partition coefficient (Wildman–Crippen LogP) is 2.55. The van der Waals surface area contributed by atoms with E-state index in [-0.39, 0.29) is 5.91 Å². The van der Waals surface area contributed by atoms with E-state index in [1.54, 1.807) is 0 Å². The molecule has 18 heavy (non-hydrogen) atoms. The summed E-state index contributed by atoms with van der Waals surface area (Å²) in [5, 5.41) is 3.15. The van der Waals surface area contributed by atoms with Gasteiger partial charge >= 0.3 is 0 Å².